The Hall–Kier alpha value is -2.12. The predicted octanol–water partition coefficient (Wildman–Crippen LogP) is 2.34. The van der Waals surface area contributed by atoms with E-state index in [1.807, 2.05) is 0 Å². The second kappa shape index (κ2) is 4.52. The Labute approximate surface area is 107 Å². The van der Waals surface area contributed by atoms with Crippen molar-refractivity contribution in [1.82, 2.24) is 19.7 Å². The molecule has 0 aliphatic rings. The Balaban J connectivity index is 2.60. The first-order valence-electron chi connectivity index (χ1n) is 5.49. The minimum Gasteiger partial charge on any atom is -0.373 e. The first-order chi connectivity index (χ1) is 8.81. The van der Waals surface area contributed by atoms with Crippen LogP contribution >= 0.6 is 0 Å². The molecule has 2 rings (SSSR count). The van der Waals surface area contributed by atoms with Crippen LogP contribution in [0.1, 0.15) is 17.2 Å². The predicted molar refractivity (Wildman–Crippen MR) is 63.2 cm³/mol. The second-order valence-corrected chi connectivity index (χ2v) is 4.02. The van der Waals surface area contributed by atoms with Crippen molar-refractivity contribution in [3.63, 3.8) is 0 Å². The second-order valence-electron chi connectivity index (χ2n) is 4.02. The van der Waals surface area contributed by atoms with Gasteiger partial charge in [-0.1, -0.05) is 0 Å². The molecule has 19 heavy (non-hydrogen) atoms. The smallest absolute Gasteiger partial charge is 0.373 e. The summed E-state index contributed by atoms with van der Waals surface area (Å²) >= 11 is 0. The van der Waals surface area contributed by atoms with Gasteiger partial charge in [-0.2, -0.15) is 18.3 Å². The highest BCUT2D eigenvalue weighted by Crippen LogP contribution is 2.28. The zero-order chi connectivity index (χ0) is 14.2. The molecule has 0 aromatic carbocycles. The maximum absolute atomic E-state index is 12.7. The molecule has 0 fully saturated rings. The van der Waals surface area contributed by atoms with E-state index in [9.17, 15) is 13.2 Å². The van der Waals surface area contributed by atoms with Gasteiger partial charge >= 0.3 is 6.18 Å². The summed E-state index contributed by atoms with van der Waals surface area (Å²) in [6, 6.07) is 3.17. The molecule has 102 valence electrons. The third-order valence-corrected chi connectivity index (χ3v) is 2.45. The number of rotatable bonds is 2. The van der Waals surface area contributed by atoms with E-state index >= 15 is 0 Å². The van der Waals surface area contributed by atoms with Gasteiger partial charge in [0.1, 0.15) is 5.82 Å². The number of hydrogen-bond acceptors (Lipinski definition) is 4. The molecule has 2 heterocycles. The Morgan fingerprint density at radius 1 is 1.16 bits per heavy atom. The van der Waals surface area contributed by atoms with E-state index in [0.29, 0.717) is 11.4 Å². The fraction of sp³-hybridized carbons (Fsp3) is 0.364. The summed E-state index contributed by atoms with van der Waals surface area (Å²) in [5, 5.41) is 6.69. The highest BCUT2D eigenvalue weighted by Gasteiger charge is 2.35. The van der Waals surface area contributed by atoms with E-state index in [0.717, 1.165) is 0 Å². The number of aryl methyl sites for hydroxylation is 2. The lowest BCUT2D eigenvalue weighted by atomic mass is 10.4. The largest absolute Gasteiger partial charge is 0.451 e. The number of alkyl halides is 3. The van der Waals surface area contributed by atoms with Crippen LogP contribution in [0, 0.1) is 13.8 Å². The Morgan fingerprint density at radius 2 is 1.84 bits per heavy atom. The van der Waals surface area contributed by atoms with Crippen LogP contribution in [0.5, 0.6) is 0 Å². The lowest BCUT2D eigenvalue weighted by Crippen LogP contribution is -2.15. The SMILES string of the molecule is CNc1cc(-n2nc(C)cc2C)nc(C(F)(F)F)n1. The first-order valence-corrected chi connectivity index (χ1v) is 5.49. The zero-order valence-corrected chi connectivity index (χ0v) is 10.6. The van der Waals surface area contributed by atoms with Crippen molar-refractivity contribution in [2.75, 3.05) is 12.4 Å². The molecule has 0 aliphatic carbocycles. The van der Waals surface area contributed by atoms with Gasteiger partial charge in [0.2, 0.25) is 5.82 Å². The normalized spacial score (nSPS) is 11.7. The molecule has 0 spiro atoms. The molecule has 0 aliphatic heterocycles. The van der Waals surface area contributed by atoms with Gasteiger partial charge in [0.25, 0.3) is 0 Å². The van der Waals surface area contributed by atoms with Crippen LogP contribution in [0.25, 0.3) is 5.82 Å². The van der Waals surface area contributed by atoms with E-state index in [1.165, 1.54) is 17.8 Å². The Kier molecular flexibility index (Phi) is 3.17. The molecule has 8 heteroatoms. The summed E-state index contributed by atoms with van der Waals surface area (Å²) in [7, 11) is 1.49. The maximum Gasteiger partial charge on any atom is 0.451 e. The molecular formula is C11H12F3N5. The van der Waals surface area contributed by atoms with Crippen LogP contribution in [0.4, 0.5) is 19.0 Å². The highest BCUT2D eigenvalue weighted by atomic mass is 19.4. The average molecular weight is 271 g/mol. The number of anilines is 1. The van der Waals surface area contributed by atoms with Crippen LogP contribution < -0.4 is 5.32 Å². The van der Waals surface area contributed by atoms with Gasteiger partial charge in [-0.25, -0.2) is 14.6 Å². The van der Waals surface area contributed by atoms with Crippen LogP contribution in [-0.4, -0.2) is 26.8 Å². The van der Waals surface area contributed by atoms with Gasteiger partial charge in [0.15, 0.2) is 5.82 Å². The van der Waals surface area contributed by atoms with Crippen LogP contribution in [-0.2, 0) is 6.18 Å². The molecular weight excluding hydrogens is 259 g/mol. The molecule has 1 N–H and O–H groups in total. The van der Waals surface area contributed by atoms with Crippen LogP contribution in [0.3, 0.4) is 0 Å². The van der Waals surface area contributed by atoms with E-state index < -0.39 is 12.0 Å². The number of aromatic nitrogens is 4. The van der Waals surface area contributed by atoms with E-state index in [1.54, 1.807) is 19.9 Å². The van der Waals surface area contributed by atoms with Gasteiger partial charge in [-0.3, -0.25) is 0 Å². The Bertz CT molecular complexity index is 603. The third-order valence-electron chi connectivity index (χ3n) is 2.45. The van der Waals surface area contributed by atoms with Gasteiger partial charge in [-0.15, -0.1) is 0 Å². The number of halogens is 3. The molecule has 2 aromatic rings. The molecule has 2 aromatic heterocycles. The summed E-state index contributed by atoms with van der Waals surface area (Å²) in [5.41, 5.74) is 1.40. The van der Waals surface area contributed by atoms with E-state index in [2.05, 4.69) is 20.4 Å². The summed E-state index contributed by atoms with van der Waals surface area (Å²) in [4.78, 5) is 6.92. The molecule has 0 atom stereocenters. The standard InChI is InChI=1S/C11H12F3N5/c1-6-4-7(2)19(18-6)9-5-8(15-3)16-10(17-9)11(12,13)14/h4-5H,1-3H3,(H,15,16,17). The number of nitrogens with zero attached hydrogens (tertiary/aromatic N) is 4. The molecule has 5 nitrogen and oxygen atoms in total. The minimum absolute atomic E-state index is 0.0808. The van der Waals surface area contributed by atoms with E-state index in [4.69, 9.17) is 0 Å². The Morgan fingerprint density at radius 3 is 2.32 bits per heavy atom. The lowest BCUT2D eigenvalue weighted by molar-refractivity contribution is -0.144. The molecule has 0 amide bonds. The average Bonchev–Trinajstić information content (AvgIpc) is 2.66. The van der Waals surface area contributed by atoms with Gasteiger partial charge in [0.05, 0.1) is 5.69 Å². The maximum atomic E-state index is 12.7. The molecule has 0 radical (unpaired) electrons. The molecule has 0 unspecified atom stereocenters. The molecule has 0 bridgehead atoms. The van der Waals surface area contributed by atoms with Crippen molar-refractivity contribution >= 4 is 5.82 Å². The van der Waals surface area contributed by atoms with Crippen LogP contribution in [0.15, 0.2) is 12.1 Å². The molecule has 0 saturated heterocycles. The van der Waals surface area contributed by atoms with Crippen molar-refractivity contribution in [2.45, 2.75) is 20.0 Å². The number of nitrogens with one attached hydrogen (secondary N) is 1. The van der Waals surface area contributed by atoms with Gasteiger partial charge in [0, 0.05) is 18.8 Å². The van der Waals surface area contributed by atoms with E-state index in [-0.39, 0.29) is 11.6 Å². The van der Waals surface area contributed by atoms with Crippen LogP contribution in [0.2, 0.25) is 0 Å². The van der Waals surface area contributed by atoms with Gasteiger partial charge < -0.3 is 5.32 Å². The minimum atomic E-state index is -4.60. The van der Waals surface area contributed by atoms with Crippen molar-refractivity contribution < 1.29 is 13.2 Å². The van der Waals surface area contributed by atoms with Gasteiger partial charge in [-0.05, 0) is 19.9 Å². The summed E-state index contributed by atoms with van der Waals surface area (Å²) < 4.78 is 39.5. The summed E-state index contributed by atoms with van der Waals surface area (Å²) in [6.07, 6.45) is -4.60. The topological polar surface area (TPSA) is 55.6 Å². The zero-order valence-electron chi connectivity index (χ0n) is 10.6. The fourth-order valence-corrected chi connectivity index (χ4v) is 1.66. The monoisotopic (exact) mass is 271 g/mol. The number of hydrogen-bond donors (Lipinski definition) is 1. The van der Waals surface area contributed by atoms with Crippen molar-refractivity contribution in [2.24, 2.45) is 0 Å². The quantitative estimate of drug-likeness (QED) is 0.910. The van der Waals surface area contributed by atoms with Crippen molar-refractivity contribution in [3.05, 3.63) is 29.3 Å². The molecule has 0 saturated carbocycles. The highest BCUT2D eigenvalue weighted by molar-refractivity contribution is 5.42. The summed E-state index contributed by atoms with van der Waals surface area (Å²) in [6.45, 7) is 3.50. The lowest BCUT2D eigenvalue weighted by Gasteiger charge is -2.10. The first kappa shape index (κ1) is 13.3. The van der Waals surface area contributed by atoms with Crippen molar-refractivity contribution in [1.29, 1.82) is 0 Å². The van der Waals surface area contributed by atoms with Crippen molar-refractivity contribution in [3.8, 4) is 5.82 Å². The third kappa shape index (κ3) is 2.67. The fourth-order valence-electron chi connectivity index (χ4n) is 1.66. The summed E-state index contributed by atoms with van der Waals surface area (Å²) in [5.74, 6) is -1.02.